The first-order valence-corrected chi connectivity index (χ1v) is 7.51. The van der Waals surface area contributed by atoms with E-state index in [1.165, 1.54) is 30.3 Å². The summed E-state index contributed by atoms with van der Waals surface area (Å²) in [6.07, 6.45) is 2.60. The molecule has 0 atom stereocenters. The zero-order valence-corrected chi connectivity index (χ0v) is 12.5. The van der Waals surface area contributed by atoms with Crippen molar-refractivity contribution in [3.05, 3.63) is 35.6 Å². The van der Waals surface area contributed by atoms with Gasteiger partial charge in [-0.25, -0.2) is 0 Å². The summed E-state index contributed by atoms with van der Waals surface area (Å²) in [5.41, 5.74) is 8.51. The molecule has 0 bridgehead atoms. The summed E-state index contributed by atoms with van der Waals surface area (Å²) >= 11 is 0. The molecule has 1 aromatic carbocycles. The van der Waals surface area contributed by atoms with Gasteiger partial charge in [0.15, 0.2) is 0 Å². The van der Waals surface area contributed by atoms with E-state index >= 15 is 0 Å². The first-order valence-electron chi connectivity index (χ1n) is 7.51. The fourth-order valence-corrected chi connectivity index (χ4v) is 3.39. The zero-order valence-electron chi connectivity index (χ0n) is 12.5. The van der Waals surface area contributed by atoms with Gasteiger partial charge >= 0.3 is 0 Å². The Bertz CT molecular complexity index is 600. The first kappa shape index (κ1) is 13.7. The summed E-state index contributed by atoms with van der Waals surface area (Å²) in [7, 11) is 0. The van der Waals surface area contributed by atoms with E-state index in [2.05, 4.69) is 30.9 Å². The maximum absolute atomic E-state index is 5.89. The second-order valence-corrected chi connectivity index (χ2v) is 6.68. The molecule has 3 heteroatoms. The van der Waals surface area contributed by atoms with Crippen LogP contribution in [-0.4, -0.2) is 18.0 Å². The summed E-state index contributed by atoms with van der Waals surface area (Å²) in [6, 6.07) is 8.25. The van der Waals surface area contributed by atoms with Crippen LogP contribution >= 0.6 is 0 Å². The highest BCUT2D eigenvalue weighted by atomic mass is 16.3. The van der Waals surface area contributed by atoms with Crippen LogP contribution in [0.25, 0.3) is 11.0 Å². The number of furan rings is 1. The second kappa shape index (κ2) is 5.23. The number of hydrogen-bond donors (Lipinski definition) is 1. The predicted molar refractivity (Wildman–Crippen MR) is 82.4 cm³/mol. The molecule has 20 heavy (non-hydrogen) atoms. The molecule has 2 aromatic rings. The minimum Gasteiger partial charge on any atom is -0.459 e. The van der Waals surface area contributed by atoms with E-state index < -0.39 is 0 Å². The Kier molecular flexibility index (Phi) is 3.57. The summed E-state index contributed by atoms with van der Waals surface area (Å²) in [5.74, 6) is 0.939. The Hall–Kier alpha value is -1.32. The van der Waals surface area contributed by atoms with Crippen molar-refractivity contribution in [2.24, 2.45) is 11.1 Å². The quantitative estimate of drug-likeness (QED) is 0.929. The summed E-state index contributed by atoms with van der Waals surface area (Å²) < 4.78 is 5.89. The summed E-state index contributed by atoms with van der Waals surface area (Å²) in [6.45, 7) is 8.46. The third kappa shape index (κ3) is 2.60. The van der Waals surface area contributed by atoms with E-state index in [1.54, 1.807) is 0 Å². The van der Waals surface area contributed by atoms with Gasteiger partial charge in [-0.2, -0.15) is 0 Å². The van der Waals surface area contributed by atoms with Crippen molar-refractivity contribution in [2.75, 3.05) is 13.1 Å². The summed E-state index contributed by atoms with van der Waals surface area (Å²) in [5, 5.41) is 1.22. The van der Waals surface area contributed by atoms with E-state index in [-0.39, 0.29) is 0 Å². The molecule has 108 valence electrons. The van der Waals surface area contributed by atoms with Crippen LogP contribution in [0.15, 0.2) is 28.7 Å². The minimum absolute atomic E-state index is 0.417. The SMILES string of the molecule is CC1(C)CCCN(Cc2c(CN)oc3ccccc23)C1. The fraction of sp³-hybridized carbons (Fsp3) is 0.529. The van der Waals surface area contributed by atoms with Gasteiger partial charge in [-0.05, 0) is 30.9 Å². The van der Waals surface area contributed by atoms with Crippen LogP contribution in [0.1, 0.15) is 38.0 Å². The monoisotopic (exact) mass is 272 g/mol. The molecular weight excluding hydrogens is 248 g/mol. The molecule has 3 rings (SSSR count). The lowest BCUT2D eigenvalue weighted by atomic mass is 9.84. The van der Waals surface area contributed by atoms with Gasteiger partial charge in [0, 0.05) is 24.0 Å². The highest BCUT2D eigenvalue weighted by Gasteiger charge is 2.27. The van der Waals surface area contributed by atoms with Crippen molar-refractivity contribution < 1.29 is 4.42 Å². The van der Waals surface area contributed by atoms with Crippen LogP contribution in [0.3, 0.4) is 0 Å². The van der Waals surface area contributed by atoms with E-state index in [9.17, 15) is 0 Å². The maximum Gasteiger partial charge on any atom is 0.134 e. The molecule has 0 aliphatic carbocycles. The predicted octanol–water partition coefficient (Wildman–Crippen LogP) is 3.51. The second-order valence-electron chi connectivity index (χ2n) is 6.68. The molecule has 0 unspecified atom stereocenters. The van der Waals surface area contributed by atoms with Crippen LogP contribution < -0.4 is 5.73 Å². The molecule has 2 heterocycles. The van der Waals surface area contributed by atoms with E-state index in [0.717, 1.165) is 24.4 Å². The van der Waals surface area contributed by atoms with Gasteiger partial charge in [-0.1, -0.05) is 32.0 Å². The number of para-hydroxylation sites is 1. The van der Waals surface area contributed by atoms with E-state index in [4.69, 9.17) is 10.2 Å². The molecule has 1 aliphatic heterocycles. The number of rotatable bonds is 3. The van der Waals surface area contributed by atoms with Gasteiger partial charge in [0.25, 0.3) is 0 Å². The third-order valence-corrected chi connectivity index (χ3v) is 4.33. The summed E-state index contributed by atoms with van der Waals surface area (Å²) in [4.78, 5) is 2.54. The molecule has 1 saturated heterocycles. The zero-order chi connectivity index (χ0) is 14.2. The maximum atomic E-state index is 5.89. The van der Waals surface area contributed by atoms with Crippen molar-refractivity contribution in [2.45, 2.75) is 39.8 Å². The molecule has 0 saturated carbocycles. The number of nitrogens with two attached hydrogens (primary N) is 1. The average Bonchev–Trinajstić information content (AvgIpc) is 2.76. The van der Waals surface area contributed by atoms with Gasteiger partial charge in [-0.3, -0.25) is 4.90 Å². The Morgan fingerprint density at radius 1 is 1.30 bits per heavy atom. The largest absolute Gasteiger partial charge is 0.459 e. The third-order valence-electron chi connectivity index (χ3n) is 4.33. The van der Waals surface area contributed by atoms with Crippen LogP contribution in [0, 0.1) is 5.41 Å². The normalized spacial score (nSPS) is 19.6. The van der Waals surface area contributed by atoms with E-state index in [1.807, 2.05) is 12.1 Å². The number of benzene rings is 1. The van der Waals surface area contributed by atoms with Crippen molar-refractivity contribution in [3.63, 3.8) is 0 Å². The molecule has 0 amide bonds. The molecule has 1 fully saturated rings. The molecule has 0 spiro atoms. The van der Waals surface area contributed by atoms with Crippen molar-refractivity contribution in [1.29, 1.82) is 0 Å². The van der Waals surface area contributed by atoms with E-state index in [0.29, 0.717) is 12.0 Å². The average molecular weight is 272 g/mol. The molecule has 0 radical (unpaired) electrons. The van der Waals surface area contributed by atoms with Crippen molar-refractivity contribution in [3.8, 4) is 0 Å². The number of hydrogen-bond acceptors (Lipinski definition) is 3. The Labute approximate surface area is 120 Å². The standard InChI is InChI=1S/C17H24N2O/c1-17(2)8-5-9-19(12-17)11-14-13-6-3-4-7-15(13)20-16(14)10-18/h3-4,6-7H,5,8-12,18H2,1-2H3. The van der Waals surface area contributed by atoms with Crippen LogP contribution in [-0.2, 0) is 13.1 Å². The first-order chi connectivity index (χ1) is 9.59. The lowest BCUT2D eigenvalue weighted by molar-refractivity contribution is 0.111. The lowest BCUT2D eigenvalue weighted by Crippen LogP contribution is -2.39. The molecule has 1 aliphatic rings. The molecule has 3 nitrogen and oxygen atoms in total. The highest BCUT2D eigenvalue weighted by Crippen LogP contribution is 2.32. The van der Waals surface area contributed by atoms with Gasteiger partial charge in [-0.15, -0.1) is 0 Å². The topological polar surface area (TPSA) is 42.4 Å². The number of fused-ring (bicyclic) bond motifs is 1. The molecular formula is C17H24N2O. The van der Waals surface area contributed by atoms with Crippen LogP contribution in [0.4, 0.5) is 0 Å². The highest BCUT2D eigenvalue weighted by molar-refractivity contribution is 5.82. The number of piperidine rings is 1. The van der Waals surface area contributed by atoms with Gasteiger partial charge in [0.2, 0.25) is 0 Å². The number of nitrogens with zero attached hydrogens (tertiary/aromatic N) is 1. The Morgan fingerprint density at radius 3 is 2.85 bits per heavy atom. The van der Waals surface area contributed by atoms with Crippen LogP contribution in [0.5, 0.6) is 0 Å². The fourth-order valence-electron chi connectivity index (χ4n) is 3.39. The Balaban J connectivity index is 1.90. The van der Waals surface area contributed by atoms with Gasteiger partial charge in [0.05, 0.1) is 6.54 Å². The molecule has 1 aromatic heterocycles. The Morgan fingerprint density at radius 2 is 2.10 bits per heavy atom. The van der Waals surface area contributed by atoms with Crippen molar-refractivity contribution >= 4 is 11.0 Å². The molecule has 2 N–H and O–H groups in total. The minimum atomic E-state index is 0.417. The number of likely N-dealkylation sites (tertiary alicyclic amines) is 1. The van der Waals surface area contributed by atoms with Crippen LogP contribution in [0.2, 0.25) is 0 Å². The smallest absolute Gasteiger partial charge is 0.134 e. The van der Waals surface area contributed by atoms with Gasteiger partial charge < -0.3 is 10.2 Å². The lowest BCUT2D eigenvalue weighted by Gasteiger charge is -2.38. The van der Waals surface area contributed by atoms with Gasteiger partial charge in [0.1, 0.15) is 11.3 Å². The van der Waals surface area contributed by atoms with Crippen molar-refractivity contribution in [1.82, 2.24) is 4.90 Å².